The van der Waals surface area contributed by atoms with Gasteiger partial charge in [-0.1, -0.05) is 141 Å². The van der Waals surface area contributed by atoms with Crippen molar-refractivity contribution in [2.75, 3.05) is 50.3 Å². The smallest absolute Gasteiger partial charge is 0.412 e. The van der Waals surface area contributed by atoms with Gasteiger partial charge >= 0.3 is 12.2 Å². The molecular formula is C51H54N2O8. The summed E-state index contributed by atoms with van der Waals surface area (Å²) in [7, 11) is 0. The van der Waals surface area contributed by atoms with E-state index in [-0.39, 0.29) is 26.4 Å². The van der Waals surface area contributed by atoms with E-state index in [2.05, 4.69) is 30.5 Å². The standard InChI is InChI=1S/C51H54N2O8/c1-4-6-28-56-31-38(60-50(54)52-46-24-14-18-36-16-8-10-20-40(36)46)33-58-48-42-22-12-13-23-43(42)49(45-30-35(3)26-27-44(45)48)59-34-39(32-57-29-7-5-2)61-51(55)53-47-25-15-19-37-17-9-11-21-41(37)47/h8-27,30,38-39H,4-7,28-29,31-34H2,1-3H3,(H,52,54)(H,53,55). The zero-order valence-corrected chi connectivity index (χ0v) is 35.1. The van der Waals surface area contributed by atoms with Crippen LogP contribution in [-0.2, 0) is 18.9 Å². The molecule has 0 fully saturated rings. The van der Waals surface area contributed by atoms with Gasteiger partial charge in [-0.2, -0.15) is 0 Å². The number of hydrogen-bond donors (Lipinski definition) is 2. The van der Waals surface area contributed by atoms with Crippen molar-refractivity contribution in [3.05, 3.63) is 133 Å². The topological polar surface area (TPSA) is 114 Å². The van der Waals surface area contributed by atoms with Gasteiger partial charge in [0.05, 0.1) is 24.6 Å². The molecule has 61 heavy (non-hydrogen) atoms. The second-order valence-corrected chi connectivity index (χ2v) is 15.1. The summed E-state index contributed by atoms with van der Waals surface area (Å²) < 4.78 is 37.3. The summed E-state index contributed by atoms with van der Waals surface area (Å²) >= 11 is 0. The largest absolute Gasteiger partial charge is 0.488 e. The number of benzene rings is 7. The van der Waals surface area contributed by atoms with E-state index in [1.54, 1.807) is 0 Å². The van der Waals surface area contributed by atoms with Crippen molar-refractivity contribution in [1.82, 2.24) is 0 Å². The first kappa shape index (κ1) is 42.8. The number of carbonyl (C=O) groups is 2. The number of amides is 2. The van der Waals surface area contributed by atoms with Gasteiger partial charge in [-0.15, -0.1) is 0 Å². The third-order valence-electron chi connectivity index (χ3n) is 10.4. The fraction of sp³-hybridized carbons (Fsp3) is 0.294. The van der Waals surface area contributed by atoms with E-state index in [4.69, 9.17) is 28.4 Å². The van der Waals surface area contributed by atoms with Gasteiger partial charge in [-0.3, -0.25) is 10.6 Å². The van der Waals surface area contributed by atoms with E-state index in [9.17, 15) is 9.59 Å². The Balaban J connectivity index is 1.12. The third kappa shape index (κ3) is 11.1. The first-order chi connectivity index (χ1) is 29.9. The van der Waals surface area contributed by atoms with Crippen LogP contribution in [0.25, 0.3) is 43.1 Å². The van der Waals surface area contributed by atoms with E-state index >= 15 is 0 Å². The minimum Gasteiger partial charge on any atom is -0.488 e. The zero-order chi connectivity index (χ0) is 42.4. The number of aryl methyl sites for hydroxylation is 1. The molecule has 2 unspecified atom stereocenters. The van der Waals surface area contributed by atoms with E-state index in [0.29, 0.717) is 36.1 Å². The molecule has 0 heterocycles. The molecule has 0 aliphatic carbocycles. The second kappa shape index (κ2) is 21.2. The lowest BCUT2D eigenvalue weighted by Gasteiger charge is -2.23. The van der Waals surface area contributed by atoms with Gasteiger partial charge in [-0.05, 0) is 48.7 Å². The van der Waals surface area contributed by atoms with Crippen LogP contribution in [0.5, 0.6) is 11.5 Å². The van der Waals surface area contributed by atoms with Gasteiger partial charge in [0, 0.05) is 45.5 Å². The Morgan fingerprint density at radius 3 is 1.41 bits per heavy atom. The van der Waals surface area contributed by atoms with Crippen molar-refractivity contribution >= 4 is 66.7 Å². The van der Waals surface area contributed by atoms with Crippen LogP contribution in [0.1, 0.15) is 45.1 Å². The van der Waals surface area contributed by atoms with Gasteiger partial charge < -0.3 is 28.4 Å². The maximum atomic E-state index is 13.4. The molecule has 10 heteroatoms. The van der Waals surface area contributed by atoms with Crippen molar-refractivity contribution in [3.8, 4) is 11.5 Å². The average Bonchev–Trinajstić information content (AvgIpc) is 3.27. The summed E-state index contributed by atoms with van der Waals surface area (Å²) in [5.41, 5.74) is 2.34. The molecule has 0 spiro atoms. The molecular weight excluding hydrogens is 769 g/mol. The molecule has 7 aromatic carbocycles. The normalized spacial score (nSPS) is 12.3. The summed E-state index contributed by atoms with van der Waals surface area (Å²) in [6.07, 6.45) is 1.10. The molecule has 0 saturated carbocycles. The van der Waals surface area contributed by atoms with Crippen LogP contribution in [0, 0.1) is 6.92 Å². The highest BCUT2D eigenvalue weighted by Gasteiger charge is 2.23. The monoisotopic (exact) mass is 822 g/mol. The Kier molecular flexibility index (Phi) is 14.9. The summed E-state index contributed by atoms with van der Waals surface area (Å²) in [6, 6.07) is 41.2. The highest BCUT2D eigenvalue weighted by atomic mass is 16.6. The molecule has 10 nitrogen and oxygen atoms in total. The van der Waals surface area contributed by atoms with Crippen LogP contribution in [0.2, 0.25) is 0 Å². The van der Waals surface area contributed by atoms with Crippen LogP contribution in [0.4, 0.5) is 21.0 Å². The number of rotatable bonds is 20. The first-order valence-corrected chi connectivity index (χ1v) is 21.2. The molecule has 0 aliphatic heterocycles. The third-order valence-corrected chi connectivity index (χ3v) is 10.4. The molecule has 0 aliphatic rings. The van der Waals surface area contributed by atoms with E-state index in [0.717, 1.165) is 74.3 Å². The maximum Gasteiger partial charge on any atom is 0.412 e. The Labute approximate surface area is 357 Å². The van der Waals surface area contributed by atoms with Crippen molar-refractivity contribution < 1.29 is 38.0 Å². The molecule has 2 atom stereocenters. The molecule has 0 aromatic heterocycles. The minimum absolute atomic E-state index is 0.0408. The van der Waals surface area contributed by atoms with E-state index in [1.165, 1.54) is 0 Å². The van der Waals surface area contributed by atoms with Crippen molar-refractivity contribution in [2.24, 2.45) is 0 Å². The maximum absolute atomic E-state index is 13.4. The van der Waals surface area contributed by atoms with Crippen LogP contribution in [0.3, 0.4) is 0 Å². The summed E-state index contributed by atoms with van der Waals surface area (Å²) in [5.74, 6) is 1.25. The number of unbranched alkanes of at least 4 members (excludes halogenated alkanes) is 2. The second-order valence-electron chi connectivity index (χ2n) is 15.1. The Morgan fingerprint density at radius 2 is 0.918 bits per heavy atom. The van der Waals surface area contributed by atoms with Crippen LogP contribution in [-0.4, -0.2) is 64.0 Å². The predicted molar refractivity (Wildman–Crippen MR) is 244 cm³/mol. The van der Waals surface area contributed by atoms with Crippen LogP contribution < -0.4 is 20.1 Å². The van der Waals surface area contributed by atoms with Gasteiger partial charge in [-0.25, -0.2) is 9.59 Å². The Bertz CT molecular complexity index is 2560. The number of ether oxygens (including phenoxy) is 6. The highest BCUT2D eigenvalue weighted by Crippen LogP contribution is 2.43. The quantitative estimate of drug-likeness (QED) is 0.0577. The van der Waals surface area contributed by atoms with Crippen molar-refractivity contribution in [2.45, 2.75) is 58.7 Å². The molecule has 316 valence electrons. The fourth-order valence-corrected chi connectivity index (χ4v) is 7.28. The molecule has 2 amide bonds. The van der Waals surface area contributed by atoms with Crippen molar-refractivity contribution in [1.29, 1.82) is 0 Å². The predicted octanol–water partition coefficient (Wildman–Crippen LogP) is 12.2. The molecule has 7 rings (SSSR count). The minimum atomic E-state index is -0.716. The average molecular weight is 823 g/mol. The van der Waals surface area contributed by atoms with Gasteiger partial charge in [0.25, 0.3) is 0 Å². The number of fused-ring (bicyclic) bond motifs is 4. The van der Waals surface area contributed by atoms with Crippen LogP contribution in [0.15, 0.2) is 127 Å². The lowest BCUT2D eigenvalue weighted by molar-refractivity contribution is 0.00245. The van der Waals surface area contributed by atoms with Gasteiger partial charge in [0.15, 0.2) is 12.2 Å². The fourth-order valence-electron chi connectivity index (χ4n) is 7.28. The van der Waals surface area contributed by atoms with Crippen LogP contribution >= 0.6 is 0 Å². The number of anilines is 2. The molecule has 2 N–H and O–H groups in total. The molecule has 0 bridgehead atoms. The number of nitrogens with one attached hydrogen (secondary N) is 2. The lowest BCUT2D eigenvalue weighted by atomic mass is 9.99. The number of hydrogen-bond acceptors (Lipinski definition) is 8. The highest BCUT2D eigenvalue weighted by molar-refractivity contribution is 6.11. The molecule has 0 saturated heterocycles. The Morgan fingerprint density at radius 1 is 0.492 bits per heavy atom. The molecule has 0 radical (unpaired) electrons. The zero-order valence-electron chi connectivity index (χ0n) is 35.1. The summed E-state index contributed by atoms with van der Waals surface area (Å²) in [4.78, 5) is 26.8. The van der Waals surface area contributed by atoms with Crippen molar-refractivity contribution in [3.63, 3.8) is 0 Å². The lowest BCUT2D eigenvalue weighted by Crippen LogP contribution is -2.32. The van der Waals surface area contributed by atoms with E-state index in [1.807, 2.05) is 128 Å². The number of carbonyl (C=O) groups excluding carboxylic acids is 2. The molecule has 7 aromatic rings. The summed E-state index contributed by atoms with van der Waals surface area (Å²) in [6.45, 7) is 7.71. The SMILES string of the molecule is CCCCOCC(COc1c2ccccc2c(OCC(COCCCC)OC(=O)Nc2cccc3ccccc23)c2cc(C)ccc12)OC(=O)Nc1cccc2ccccc12. The summed E-state index contributed by atoms with van der Waals surface area (Å²) in [5, 5.41) is 13.0. The Hall–Kier alpha value is -6.36. The first-order valence-electron chi connectivity index (χ1n) is 21.2. The van der Waals surface area contributed by atoms with Gasteiger partial charge in [0.2, 0.25) is 0 Å². The van der Waals surface area contributed by atoms with Gasteiger partial charge in [0.1, 0.15) is 24.7 Å². The van der Waals surface area contributed by atoms with E-state index < -0.39 is 24.4 Å².